The maximum atomic E-state index is 12.0. The number of rotatable bonds is 7. The molecule has 0 bridgehead atoms. The van der Waals surface area contributed by atoms with E-state index in [0.717, 1.165) is 6.08 Å². The van der Waals surface area contributed by atoms with Crippen LogP contribution in [0.1, 0.15) is 18.9 Å². The predicted molar refractivity (Wildman–Crippen MR) is 75.1 cm³/mol. The summed E-state index contributed by atoms with van der Waals surface area (Å²) in [4.78, 5) is 10.6. The minimum atomic E-state index is -3.60. The summed E-state index contributed by atoms with van der Waals surface area (Å²) in [5, 5.41) is 8.63. The van der Waals surface area contributed by atoms with E-state index in [9.17, 15) is 13.2 Å². The molecule has 0 atom stereocenters. The molecule has 1 aromatic carbocycles. The van der Waals surface area contributed by atoms with E-state index < -0.39 is 16.0 Å². The minimum Gasteiger partial charge on any atom is -0.496 e. The third-order valence-electron chi connectivity index (χ3n) is 2.46. The Labute approximate surface area is 118 Å². The molecular weight excluding hydrogens is 282 g/mol. The van der Waals surface area contributed by atoms with Crippen LogP contribution in [-0.4, -0.2) is 33.1 Å². The van der Waals surface area contributed by atoms with E-state index in [2.05, 4.69) is 4.72 Å². The number of benzene rings is 1. The average Bonchev–Trinajstić information content (AvgIpc) is 2.42. The van der Waals surface area contributed by atoms with Crippen LogP contribution in [0.3, 0.4) is 0 Å². The van der Waals surface area contributed by atoms with Crippen molar-refractivity contribution in [3.63, 3.8) is 0 Å². The molecule has 0 unspecified atom stereocenters. The summed E-state index contributed by atoms with van der Waals surface area (Å²) in [7, 11) is -2.17. The first kappa shape index (κ1) is 16.2. The van der Waals surface area contributed by atoms with Crippen molar-refractivity contribution in [1.29, 1.82) is 0 Å². The van der Waals surface area contributed by atoms with Crippen molar-refractivity contribution in [2.75, 3.05) is 13.7 Å². The van der Waals surface area contributed by atoms with Gasteiger partial charge in [-0.2, -0.15) is 0 Å². The Morgan fingerprint density at radius 1 is 1.45 bits per heavy atom. The Morgan fingerprint density at radius 3 is 2.70 bits per heavy atom. The number of aliphatic carboxylic acids is 1. The summed E-state index contributed by atoms with van der Waals surface area (Å²) in [5.41, 5.74) is 0.384. The van der Waals surface area contributed by atoms with Crippen LogP contribution in [0.4, 0.5) is 0 Å². The van der Waals surface area contributed by atoms with Crippen LogP contribution >= 0.6 is 0 Å². The molecule has 1 aromatic rings. The second kappa shape index (κ2) is 7.06. The van der Waals surface area contributed by atoms with Crippen LogP contribution in [0.15, 0.2) is 29.2 Å². The van der Waals surface area contributed by atoms with Gasteiger partial charge in [0.25, 0.3) is 0 Å². The number of hydrogen-bond donors (Lipinski definition) is 2. The number of hydrogen-bond acceptors (Lipinski definition) is 4. The molecule has 0 aliphatic rings. The molecule has 0 fully saturated rings. The van der Waals surface area contributed by atoms with E-state index in [1.165, 1.54) is 31.4 Å². The van der Waals surface area contributed by atoms with Crippen LogP contribution in [0, 0.1) is 0 Å². The standard InChI is InChI=1S/C13H17NO5S/c1-3-8-14-20(17,18)11-5-6-12(19-2)10(9-11)4-7-13(15)16/h4-7,9,14H,3,8H2,1-2H3,(H,15,16). The second-order valence-corrected chi connectivity index (χ2v) is 5.74. The molecule has 1 rings (SSSR count). The quantitative estimate of drug-likeness (QED) is 0.744. The SMILES string of the molecule is CCCNS(=O)(=O)c1ccc(OC)c(C=CC(=O)O)c1. The molecule has 0 aromatic heterocycles. The fourth-order valence-electron chi connectivity index (χ4n) is 1.49. The van der Waals surface area contributed by atoms with Crippen LogP contribution in [0.25, 0.3) is 6.08 Å². The van der Waals surface area contributed by atoms with Crippen molar-refractivity contribution in [2.24, 2.45) is 0 Å². The third kappa shape index (κ3) is 4.36. The summed E-state index contributed by atoms with van der Waals surface area (Å²) in [5.74, 6) is -0.721. The maximum absolute atomic E-state index is 12.0. The lowest BCUT2D eigenvalue weighted by Gasteiger charge is -2.09. The molecule has 0 radical (unpaired) electrons. The van der Waals surface area contributed by atoms with Gasteiger partial charge >= 0.3 is 5.97 Å². The van der Waals surface area contributed by atoms with Gasteiger partial charge in [0, 0.05) is 18.2 Å². The summed E-state index contributed by atoms with van der Waals surface area (Å²) < 4.78 is 31.5. The minimum absolute atomic E-state index is 0.0665. The van der Waals surface area contributed by atoms with Gasteiger partial charge in [-0.3, -0.25) is 0 Å². The zero-order chi connectivity index (χ0) is 15.2. The highest BCUT2D eigenvalue weighted by Crippen LogP contribution is 2.23. The van der Waals surface area contributed by atoms with Gasteiger partial charge in [0.15, 0.2) is 0 Å². The normalized spacial score (nSPS) is 11.7. The summed E-state index contributed by atoms with van der Waals surface area (Å²) in [6.45, 7) is 2.20. The number of methoxy groups -OCH3 is 1. The maximum Gasteiger partial charge on any atom is 0.328 e. The molecule has 6 nitrogen and oxygen atoms in total. The highest BCUT2D eigenvalue weighted by atomic mass is 32.2. The van der Waals surface area contributed by atoms with Crippen molar-refractivity contribution in [3.05, 3.63) is 29.8 Å². The van der Waals surface area contributed by atoms with Gasteiger partial charge in [-0.15, -0.1) is 0 Å². The predicted octanol–water partition coefficient (Wildman–Crippen LogP) is 1.48. The lowest BCUT2D eigenvalue weighted by atomic mass is 10.2. The first-order chi connectivity index (χ1) is 9.40. The monoisotopic (exact) mass is 299 g/mol. The molecule has 0 spiro atoms. The molecule has 20 heavy (non-hydrogen) atoms. The topological polar surface area (TPSA) is 92.7 Å². The van der Waals surface area contributed by atoms with Gasteiger partial charge < -0.3 is 9.84 Å². The van der Waals surface area contributed by atoms with Crippen molar-refractivity contribution in [2.45, 2.75) is 18.2 Å². The van der Waals surface area contributed by atoms with Crippen molar-refractivity contribution < 1.29 is 23.1 Å². The molecule has 0 heterocycles. The van der Waals surface area contributed by atoms with E-state index in [4.69, 9.17) is 9.84 Å². The van der Waals surface area contributed by atoms with Gasteiger partial charge in [-0.1, -0.05) is 6.92 Å². The van der Waals surface area contributed by atoms with Gasteiger partial charge in [-0.05, 0) is 30.7 Å². The lowest BCUT2D eigenvalue weighted by molar-refractivity contribution is -0.131. The number of sulfonamides is 1. The first-order valence-electron chi connectivity index (χ1n) is 5.99. The molecule has 0 amide bonds. The largest absolute Gasteiger partial charge is 0.496 e. The van der Waals surface area contributed by atoms with E-state index in [1.807, 2.05) is 6.92 Å². The lowest BCUT2D eigenvalue weighted by Crippen LogP contribution is -2.24. The summed E-state index contributed by atoms with van der Waals surface area (Å²) >= 11 is 0. The molecule has 7 heteroatoms. The third-order valence-corrected chi connectivity index (χ3v) is 3.92. The van der Waals surface area contributed by atoms with E-state index >= 15 is 0 Å². The van der Waals surface area contributed by atoms with Gasteiger partial charge in [0.1, 0.15) is 5.75 Å². The number of carboxylic acid groups (broad SMARTS) is 1. The van der Waals surface area contributed by atoms with E-state index in [1.54, 1.807) is 0 Å². The molecule has 0 aliphatic carbocycles. The molecule has 0 saturated heterocycles. The molecule has 0 aliphatic heterocycles. The average molecular weight is 299 g/mol. The zero-order valence-electron chi connectivity index (χ0n) is 11.3. The molecular formula is C13H17NO5S. The van der Waals surface area contributed by atoms with Crippen molar-refractivity contribution in [1.82, 2.24) is 4.72 Å². The smallest absolute Gasteiger partial charge is 0.328 e. The summed E-state index contributed by atoms with van der Waals surface area (Å²) in [6, 6.07) is 4.27. The molecule has 110 valence electrons. The van der Waals surface area contributed by atoms with Crippen molar-refractivity contribution >= 4 is 22.1 Å². The van der Waals surface area contributed by atoms with Gasteiger partial charge in [-0.25, -0.2) is 17.9 Å². The van der Waals surface area contributed by atoms with Crippen LogP contribution in [0.2, 0.25) is 0 Å². The highest BCUT2D eigenvalue weighted by Gasteiger charge is 2.15. The Bertz CT molecular complexity index is 607. The zero-order valence-corrected chi connectivity index (χ0v) is 12.1. The summed E-state index contributed by atoms with van der Waals surface area (Å²) in [6.07, 6.45) is 2.90. The number of carboxylic acids is 1. The van der Waals surface area contributed by atoms with Crippen LogP contribution in [-0.2, 0) is 14.8 Å². The molecule has 0 saturated carbocycles. The fraction of sp³-hybridized carbons (Fsp3) is 0.308. The number of ether oxygens (including phenoxy) is 1. The second-order valence-electron chi connectivity index (χ2n) is 3.97. The van der Waals surface area contributed by atoms with Gasteiger partial charge in [0.05, 0.1) is 12.0 Å². The molecule has 2 N–H and O–H groups in total. The van der Waals surface area contributed by atoms with Gasteiger partial charge in [0.2, 0.25) is 10.0 Å². The Morgan fingerprint density at radius 2 is 2.15 bits per heavy atom. The Hall–Kier alpha value is -1.86. The highest BCUT2D eigenvalue weighted by molar-refractivity contribution is 7.89. The fourth-order valence-corrected chi connectivity index (χ4v) is 2.66. The number of nitrogens with one attached hydrogen (secondary N) is 1. The Kier molecular flexibility index (Phi) is 5.72. The first-order valence-corrected chi connectivity index (χ1v) is 7.47. The van der Waals surface area contributed by atoms with Crippen LogP contribution < -0.4 is 9.46 Å². The Balaban J connectivity index is 3.18. The number of carbonyl (C=O) groups is 1. The van der Waals surface area contributed by atoms with E-state index in [-0.39, 0.29) is 4.90 Å². The van der Waals surface area contributed by atoms with E-state index in [0.29, 0.717) is 24.3 Å². The van der Waals surface area contributed by atoms with Crippen molar-refractivity contribution in [3.8, 4) is 5.75 Å². The van der Waals surface area contributed by atoms with Crippen LogP contribution in [0.5, 0.6) is 5.75 Å².